The van der Waals surface area contributed by atoms with Crippen molar-refractivity contribution in [1.29, 1.82) is 0 Å². The second-order valence-electron chi connectivity index (χ2n) is 6.14. The van der Waals surface area contributed by atoms with Crippen molar-refractivity contribution >= 4 is 11.3 Å². The molecule has 0 aliphatic carbocycles. The van der Waals surface area contributed by atoms with Crippen molar-refractivity contribution < 1.29 is 0 Å². The highest BCUT2D eigenvalue weighted by atomic mass is 32.1. The monoisotopic (exact) mass is 305 g/mol. The van der Waals surface area contributed by atoms with E-state index in [0.717, 1.165) is 12.1 Å². The SMILES string of the molecule is Cc1cc([C@H](C)N[C@@H](C)Cc2c(C)nn(C)c2C)c(C)s1. The van der Waals surface area contributed by atoms with Crippen molar-refractivity contribution in [3.63, 3.8) is 0 Å². The van der Waals surface area contributed by atoms with Gasteiger partial charge in [-0.15, -0.1) is 11.3 Å². The fraction of sp³-hybridized carbons (Fsp3) is 0.588. The molecule has 0 aliphatic rings. The van der Waals surface area contributed by atoms with Gasteiger partial charge in [-0.25, -0.2) is 0 Å². The van der Waals surface area contributed by atoms with E-state index in [-0.39, 0.29) is 0 Å². The molecular weight excluding hydrogens is 278 g/mol. The second-order valence-corrected chi connectivity index (χ2v) is 7.60. The summed E-state index contributed by atoms with van der Waals surface area (Å²) in [4.78, 5) is 2.82. The first-order valence-corrected chi connectivity index (χ1v) is 8.43. The lowest BCUT2D eigenvalue weighted by atomic mass is 10.0. The quantitative estimate of drug-likeness (QED) is 0.905. The summed E-state index contributed by atoms with van der Waals surface area (Å²) in [6, 6.07) is 3.13. The van der Waals surface area contributed by atoms with Crippen LogP contribution in [0.15, 0.2) is 6.07 Å². The molecule has 0 aliphatic heterocycles. The number of nitrogens with one attached hydrogen (secondary N) is 1. The predicted molar refractivity (Wildman–Crippen MR) is 91.2 cm³/mol. The minimum atomic E-state index is 0.391. The highest BCUT2D eigenvalue weighted by Gasteiger charge is 2.17. The fourth-order valence-electron chi connectivity index (χ4n) is 3.07. The van der Waals surface area contributed by atoms with Crippen molar-refractivity contribution in [1.82, 2.24) is 15.1 Å². The van der Waals surface area contributed by atoms with Crippen LogP contribution < -0.4 is 5.32 Å². The first kappa shape index (κ1) is 16.2. The number of rotatable bonds is 5. The number of aromatic nitrogens is 2. The lowest BCUT2D eigenvalue weighted by Crippen LogP contribution is -2.31. The molecule has 3 nitrogen and oxygen atoms in total. The second kappa shape index (κ2) is 6.32. The van der Waals surface area contributed by atoms with Crippen LogP contribution in [0.25, 0.3) is 0 Å². The van der Waals surface area contributed by atoms with Crippen LogP contribution in [0.2, 0.25) is 0 Å². The van der Waals surface area contributed by atoms with E-state index in [1.807, 2.05) is 23.1 Å². The molecule has 0 fully saturated rings. The van der Waals surface area contributed by atoms with Gasteiger partial charge in [0.05, 0.1) is 5.69 Å². The number of aryl methyl sites for hydroxylation is 4. The van der Waals surface area contributed by atoms with E-state index in [2.05, 4.69) is 58.0 Å². The van der Waals surface area contributed by atoms with Gasteiger partial charge in [0.25, 0.3) is 0 Å². The molecule has 2 aromatic rings. The van der Waals surface area contributed by atoms with Crippen LogP contribution in [0.5, 0.6) is 0 Å². The van der Waals surface area contributed by atoms with E-state index in [0.29, 0.717) is 12.1 Å². The molecule has 2 rings (SSSR count). The molecule has 0 bridgehead atoms. The van der Waals surface area contributed by atoms with E-state index < -0.39 is 0 Å². The maximum absolute atomic E-state index is 4.51. The number of thiophene rings is 1. The van der Waals surface area contributed by atoms with Crippen LogP contribution in [-0.4, -0.2) is 15.8 Å². The Morgan fingerprint density at radius 2 is 1.90 bits per heavy atom. The predicted octanol–water partition coefficient (Wildman–Crippen LogP) is 4.00. The summed E-state index contributed by atoms with van der Waals surface area (Å²) in [5.41, 5.74) is 5.24. The number of nitrogens with zero attached hydrogens (tertiary/aromatic N) is 2. The Morgan fingerprint density at radius 1 is 1.24 bits per heavy atom. The fourth-order valence-corrected chi connectivity index (χ4v) is 4.10. The minimum Gasteiger partial charge on any atom is -0.307 e. The van der Waals surface area contributed by atoms with Gasteiger partial charge in [-0.3, -0.25) is 4.68 Å². The van der Waals surface area contributed by atoms with E-state index in [1.54, 1.807) is 0 Å². The largest absolute Gasteiger partial charge is 0.307 e. The smallest absolute Gasteiger partial charge is 0.0628 e. The molecule has 0 saturated carbocycles. The van der Waals surface area contributed by atoms with Gasteiger partial charge in [-0.05, 0) is 65.2 Å². The Bertz CT molecular complexity index is 624. The average Bonchev–Trinajstić information content (AvgIpc) is 2.83. The third-order valence-electron chi connectivity index (χ3n) is 4.25. The standard InChI is InChI=1S/C17H27N3S/c1-10(8-16-13(4)19-20(7)14(16)5)18-12(3)17-9-11(2)21-15(17)6/h9-10,12,18H,8H2,1-7H3/t10-,12-/m0/s1. The molecule has 116 valence electrons. The molecule has 4 heteroatoms. The van der Waals surface area contributed by atoms with Crippen molar-refractivity contribution in [2.24, 2.45) is 7.05 Å². The van der Waals surface area contributed by atoms with Crippen LogP contribution in [0.1, 0.15) is 52.2 Å². The molecule has 0 unspecified atom stereocenters. The number of hydrogen-bond acceptors (Lipinski definition) is 3. The summed E-state index contributed by atoms with van der Waals surface area (Å²) < 4.78 is 1.98. The maximum Gasteiger partial charge on any atom is 0.0628 e. The minimum absolute atomic E-state index is 0.391. The summed E-state index contributed by atoms with van der Waals surface area (Å²) in [7, 11) is 2.02. The Labute approximate surface area is 132 Å². The maximum atomic E-state index is 4.51. The summed E-state index contributed by atoms with van der Waals surface area (Å²) in [6.07, 6.45) is 1.03. The highest BCUT2D eigenvalue weighted by molar-refractivity contribution is 7.12. The highest BCUT2D eigenvalue weighted by Crippen LogP contribution is 2.26. The van der Waals surface area contributed by atoms with Crippen LogP contribution >= 0.6 is 11.3 Å². The van der Waals surface area contributed by atoms with Gasteiger partial charge in [-0.2, -0.15) is 5.10 Å². The summed E-state index contributed by atoms with van der Waals surface area (Å²) in [5.74, 6) is 0. The van der Waals surface area contributed by atoms with Crippen LogP contribution in [0.4, 0.5) is 0 Å². The van der Waals surface area contributed by atoms with Gasteiger partial charge in [0.15, 0.2) is 0 Å². The third-order valence-corrected chi connectivity index (χ3v) is 5.23. The van der Waals surface area contributed by atoms with Crippen molar-refractivity contribution in [2.75, 3.05) is 0 Å². The first-order valence-electron chi connectivity index (χ1n) is 7.61. The Morgan fingerprint density at radius 3 is 2.38 bits per heavy atom. The van der Waals surface area contributed by atoms with Crippen LogP contribution in [0.3, 0.4) is 0 Å². The van der Waals surface area contributed by atoms with Gasteiger partial charge in [0.2, 0.25) is 0 Å². The van der Waals surface area contributed by atoms with Crippen LogP contribution in [-0.2, 0) is 13.5 Å². The lowest BCUT2D eigenvalue weighted by Gasteiger charge is -2.20. The molecule has 2 atom stereocenters. The Hall–Kier alpha value is -1.13. The molecule has 2 heterocycles. The molecular formula is C17H27N3S. The molecule has 0 aromatic carbocycles. The molecule has 0 radical (unpaired) electrons. The van der Waals surface area contributed by atoms with Crippen molar-refractivity contribution in [3.05, 3.63) is 38.3 Å². The Balaban J connectivity index is 2.04. The van der Waals surface area contributed by atoms with E-state index in [1.165, 1.54) is 26.6 Å². The van der Waals surface area contributed by atoms with E-state index in [9.17, 15) is 0 Å². The number of hydrogen-bond donors (Lipinski definition) is 1. The summed E-state index contributed by atoms with van der Waals surface area (Å²) in [5, 5.41) is 8.24. The first-order chi connectivity index (χ1) is 9.79. The van der Waals surface area contributed by atoms with Gasteiger partial charge < -0.3 is 5.32 Å². The van der Waals surface area contributed by atoms with Crippen molar-refractivity contribution in [3.8, 4) is 0 Å². The molecule has 0 saturated heterocycles. The summed E-state index contributed by atoms with van der Waals surface area (Å²) >= 11 is 1.88. The van der Waals surface area contributed by atoms with E-state index in [4.69, 9.17) is 0 Å². The molecule has 2 aromatic heterocycles. The van der Waals surface area contributed by atoms with E-state index >= 15 is 0 Å². The zero-order chi connectivity index (χ0) is 15.7. The lowest BCUT2D eigenvalue weighted by molar-refractivity contribution is 0.475. The van der Waals surface area contributed by atoms with Crippen LogP contribution in [0, 0.1) is 27.7 Å². The Kier molecular flexibility index (Phi) is 4.89. The third kappa shape index (κ3) is 3.55. The molecule has 1 N–H and O–H groups in total. The molecule has 0 amide bonds. The van der Waals surface area contributed by atoms with Gasteiger partial charge in [0.1, 0.15) is 0 Å². The van der Waals surface area contributed by atoms with Gasteiger partial charge in [0, 0.05) is 34.6 Å². The zero-order valence-corrected chi connectivity index (χ0v) is 15.1. The average molecular weight is 305 g/mol. The zero-order valence-electron chi connectivity index (χ0n) is 14.2. The summed E-state index contributed by atoms with van der Waals surface area (Å²) in [6.45, 7) is 13.2. The molecule has 21 heavy (non-hydrogen) atoms. The topological polar surface area (TPSA) is 29.9 Å². The van der Waals surface area contributed by atoms with Gasteiger partial charge >= 0.3 is 0 Å². The molecule has 0 spiro atoms. The normalized spacial score (nSPS) is 14.4. The van der Waals surface area contributed by atoms with Crippen molar-refractivity contribution in [2.45, 2.75) is 60.0 Å². The van der Waals surface area contributed by atoms with Gasteiger partial charge in [-0.1, -0.05) is 0 Å².